The van der Waals surface area contributed by atoms with Gasteiger partial charge in [-0.3, -0.25) is 14.2 Å². The van der Waals surface area contributed by atoms with E-state index in [9.17, 15) is 14.0 Å². The maximum Gasteiger partial charge on any atom is 0.267 e. The van der Waals surface area contributed by atoms with Crippen LogP contribution in [0.2, 0.25) is 0 Å². The second-order valence-corrected chi connectivity index (χ2v) is 6.33. The van der Waals surface area contributed by atoms with E-state index in [0.717, 1.165) is 5.75 Å². The van der Waals surface area contributed by atoms with E-state index in [4.69, 9.17) is 4.74 Å². The zero-order valence-electron chi connectivity index (χ0n) is 13.1. The van der Waals surface area contributed by atoms with Crippen LogP contribution in [0.25, 0.3) is 0 Å². The number of para-hydroxylation sites is 1. The van der Waals surface area contributed by atoms with Crippen LogP contribution in [0.15, 0.2) is 40.4 Å². The highest BCUT2D eigenvalue weighted by Gasteiger charge is 2.22. The molecular weight excluding hydrogens is 333 g/mol. The third kappa shape index (κ3) is 3.28. The van der Waals surface area contributed by atoms with Crippen molar-refractivity contribution in [2.75, 3.05) is 26.0 Å². The second-order valence-electron chi connectivity index (χ2n) is 5.27. The summed E-state index contributed by atoms with van der Waals surface area (Å²) in [6.07, 6.45) is 1.32. The number of rotatable bonds is 5. The minimum atomic E-state index is -0.454. The van der Waals surface area contributed by atoms with Gasteiger partial charge in [-0.15, -0.1) is 0 Å². The zero-order chi connectivity index (χ0) is 17.1. The van der Waals surface area contributed by atoms with Gasteiger partial charge in [0.25, 0.3) is 11.5 Å². The van der Waals surface area contributed by atoms with E-state index in [1.807, 2.05) is 0 Å². The fourth-order valence-electron chi connectivity index (χ4n) is 2.33. The molecular formula is C16H16FN3O3S. The third-order valence-corrected chi connectivity index (χ3v) is 4.63. The summed E-state index contributed by atoms with van der Waals surface area (Å²) in [5.74, 6) is 0.0446. The van der Waals surface area contributed by atoms with Crippen LogP contribution < -0.4 is 10.3 Å². The van der Waals surface area contributed by atoms with Gasteiger partial charge in [0, 0.05) is 25.5 Å². The van der Waals surface area contributed by atoms with E-state index >= 15 is 0 Å². The summed E-state index contributed by atoms with van der Waals surface area (Å²) in [6, 6.07) is 6.07. The number of hydrogen-bond donors (Lipinski definition) is 0. The standard InChI is InChI=1S/C16H16FN3O3S/c1-19(6-8-23-13-5-3-2-4-12(13)17)14(21)11-10-18-16-20(15(11)22)7-9-24-16/h2-5,10H,6-9H2,1H3. The number of ether oxygens (including phenoxy) is 1. The lowest BCUT2D eigenvalue weighted by Gasteiger charge is -2.17. The highest BCUT2D eigenvalue weighted by atomic mass is 32.2. The summed E-state index contributed by atoms with van der Waals surface area (Å²) >= 11 is 1.50. The Bertz CT molecular complexity index is 824. The first-order chi connectivity index (χ1) is 11.6. The topological polar surface area (TPSA) is 64.4 Å². The maximum absolute atomic E-state index is 13.5. The molecule has 8 heteroatoms. The number of nitrogens with zero attached hydrogens (tertiary/aromatic N) is 3. The Morgan fingerprint density at radius 1 is 1.46 bits per heavy atom. The van der Waals surface area contributed by atoms with Gasteiger partial charge in [0.15, 0.2) is 16.7 Å². The molecule has 3 rings (SSSR count). The SMILES string of the molecule is CN(CCOc1ccccc1F)C(=O)c1cnc2n(c1=O)CCS2. The highest BCUT2D eigenvalue weighted by molar-refractivity contribution is 7.99. The largest absolute Gasteiger partial charge is 0.489 e. The van der Waals surface area contributed by atoms with Gasteiger partial charge in [0.05, 0.1) is 6.54 Å². The molecule has 0 aliphatic carbocycles. The Balaban J connectivity index is 1.63. The summed E-state index contributed by atoms with van der Waals surface area (Å²) in [7, 11) is 1.57. The summed E-state index contributed by atoms with van der Waals surface area (Å²) in [6.45, 7) is 0.912. The highest BCUT2D eigenvalue weighted by Crippen LogP contribution is 2.20. The summed E-state index contributed by atoms with van der Waals surface area (Å²) in [5, 5.41) is 0.641. The number of hydrogen-bond acceptors (Lipinski definition) is 5. The molecule has 1 aromatic heterocycles. The number of benzene rings is 1. The molecule has 1 amide bonds. The smallest absolute Gasteiger partial charge is 0.267 e. The first-order valence-electron chi connectivity index (χ1n) is 7.43. The zero-order valence-corrected chi connectivity index (χ0v) is 13.9. The third-order valence-electron chi connectivity index (χ3n) is 3.65. The molecule has 0 saturated carbocycles. The normalized spacial score (nSPS) is 12.8. The average Bonchev–Trinajstić information content (AvgIpc) is 3.06. The predicted octanol–water partition coefficient (Wildman–Crippen LogP) is 1.64. The van der Waals surface area contributed by atoms with E-state index in [1.165, 1.54) is 39.6 Å². The van der Waals surface area contributed by atoms with Crippen LogP contribution in [0.5, 0.6) is 5.75 Å². The van der Waals surface area contributed by atoms with Crippen LogP contribution in [0.3, 0.4) is 0 Å². The number of likely N-dealkylation sites (N-methyl/N-ethyl adjacent to an activating group) is 1. The van der Waals surface area contributed by atoms with Crippen molar-refractivity contribution in [2.24, 2.45) is 0 Å². The first-order valence-corrected chi connectivity index (χ1v) is 8.42. The molecule has 0 saturated heterocycles. The molecule has 0 N–H and O–H groups in total. The van der Waals surface area contributed by atoms with Crippen molar-refractivity contribution >= 4 is 17.7 Å². The van der Waals surface area contributed by atoms with Crippen molar-refractivity contribution in [3.05, 3.63) is 52.2 Å². The molecule has 0 radical (unpaired) electrons. The van der Waals surface area contributed by atoms with Crippen molar-refractivity contribution in [3.8, 4) is 5.75 Å². The van der Waals surface area contributed by atoms with Gasteiger partial charge in [0.2, 0.25) is 0 Å². The Labute approximate surface area is 142 Å². The van der Waals surface area contributed by atoms with Gasteiger partial charge < -0.3 is 9.64 Å². The Hall–Kier alpha value is -2.35. The van der Waals surface area contributed by atoms with E-state index in [0.29, 0.717) is 11.7 Å². The van der Waals surface area contributed by atoms with Crippen LogP contribution in [-0.4, -0.2) is 46.3 Å². The number of aromatic nitrogens is 2. The Kier molecular flexibility index (Phi) is 4.84. The molecule has 0 fully saturated rings. The lowest BCUT2D eigenvalue weighted by Crippen LogP contribution is -2.36. The fourth-order valence-corrected chi connectivity index (χ4v) is 3.24. The number of halogens is 1. The molecule has 0 unspecified atom stereocenters. The maximum atomic E-state index is 13.5. The van der Waals surface area contributed by atoms with Crippen LogP contribution in [0, 0.1) is 5.82 Å². The van der Waals surface area contributed by atoms with Gasteiger partial charge in [-0.1, -0.05) is 23.9 Å². The second kappa shape index (κ2) is 7.04. The van der Waals surface area contributed by atoms with Crippen molar-refractivity contribution in [2.45, 2.75) is 11.7 Å². The van der Waals surface area contributed by atoms with Crippen LogP contribution in [0.1, 0.15) is 10.4 Å². The van der Waals surface area contributed by atoms with E-state index < -0.39 is 11.7 Å². The molecule has 2 aromatic rings. The Morgan fingerprint density at radius 3 is 3.04 bits per heavy atom. The molecule has 1 aliphatic heterocycles. The molecule has 0 bridgehead atoms. The van der Waals surface area contributed by atoms with Crippen molar-refractivity contribution in [3.63, 3.8) is 0 Å². The predicted molar refractivity (Wildman–Crippen MR) is 88.1 cm³/mol. The van der Waals surface area contributed by atoms with E-state index in [2.05, 4.69) is 4.98 Å². The van der Waals surface area contributed by atoms with Crippen molar-refractivity contribution in [1.29, 1.82) is 0 Å². The average molecular weight is 349 g/mol. The fraction of sp³-hybridized carbons (Fsp3) is 0.312. The molecule has 0 atom stereocenters. The van der Waals surface area contributed by atoms with Gasteiger partial charge in [-0.05, 0) is 12.1 Å². The number of carbonyl (C=O) groups excluding carboxylic acids is 1. The number of fused-ring (bicyclic) bond motifs is 1. The monoisotopic (exact) mass is 349 g/mol. The molecule has 1 aliphatic rings. The van der Waals surface area contributed by atoms with E-state index in [1.54, 1.807) is 19.2 Å². The summed E-state index contributed by atoms with van der Waals surface area (Å²) in [5.41, 5.74) is -0.286. The summed E-state index contributed by atoms with van der Waals surface area (Å²) < 4.78 is 20.3. The molecule has 126 valence electrons. The molecule has 6 nitrogen and oxygen atoms in total. The first kappa shape index (κ1) is 16.5. The number of thioether (sulfide) groups is 1. The lowest BCUT2D eigenvalue weighted by molar-refractivity contribution is 0.0769. The van der Waals surface area contributed by atoms with Gasteiger partial charge >= 0.3 is 0 Å². The number of amides is 1. The lowest BCUT2D eigenvalue weighted by atomic mass is 10.3. The van der Waals surface area contributed by atoms with Gasteiger partial charge in [-0.25, -0.2) is 9.37 Å². The molecule has 24 heavy (non-hydrogen) atoms. The quantitative estimate of drug-likeness (QED) is 0.768. The van der Waals surface area contributed by atoms with Crippen LogP contribution >= 0.6 is 11.8 Å². The van der Waals surface area contributed by atoms with Crippen LogP contribution in [0.4, 0.5) is 4.39 Å². The minimum absolute atomic E-state index is 0.0367. The summed E-state index contributed by atoms with van der Waals surface area (Å²) in [4.78, 5) is 30.3. The van der Waals surface area contributed by atoms with Gasteiger partial charge in [-0.2, -0.15) is 0 Å². The van der Waals surface area contributed by atoms with Crippen LogP contribution in [-0.2, 0) is 6.54 Å². The van der Waals surface area contributed by atoms with E-state index in [-0.39, 0.29) is 30.0 Å². The molecule has 0 spiro atoms. The molecule has 2 heterocycles. The van der Waals surface area contributed by atoms with Crippen molar-refractivity contribution < 1.29 is 13.9 Å². The van der Waals surface area contributed by atoms with Gasteiger partial charge in [0.1, 0.15) is 12.2 Å². The minimum Gasteiger partial charge on any atom is -0.489 e. The van der Waals surface area contributed by atoms with Crippen molar-refractivity contribution in [1.82, 2.24) is 14.5 Å². The number of carbonyl (C=O) groups is 1. The molecule has 1 aromatic carbocycles. The Morgan fingerprint density at radius 2 is 2.25 bits per heavy atom.